The predicted molar refractivity (Wildman–Crippen MR) is 121 cm³/mol. The van der Waals surface area contributed by atoms with Crippen LogP contribution in [0.3, 0.4) is 0 Å². The fraction of sp³-hybridized carbons (Fsp3) is 0.500. The quantitative estimate of drug-likeness (QED) is 0.638. The average molecular weight is 457 g/mol. The molecule has 176 valence electrons. The fourth-order valence-electron chi connectivity index (χ4n) is 4.13. The van der Waals surface area contributed by atoms with Gasteiger partial charge in [0.05, 0.1) is 24.4 Å². The van der Waals surface area contributed by atoms with Gasteiger partial charge in [-0.2, -0.15) is 5.10 Å². The van der Waals surface area contributed by atoms with E-state index >= 15 is 0 Å². The van der Waals surface area contributed by atoms with Gasteiger partial charge in [-0.3, -0.25) is 29.0 Å². The lowest BCUT2D eigenvalue weighted by Gasteiger charge is -2.26. The highest BCUT2D eigenvalue weighted by atomic mass is 16.5. The number of ether oxygens (including phenoxy) is 1. The van der Waals surface area contributed by atoms with E-state index in [2.05, 4.69) is 10.2 Å². The molecule has 3 aliphatic heterocycles. The van der Waals surface area contributed by atoms with Gasteiger partial charge in [-0.05, 0) is 31.4 Å². The predicted octanol–water partition coefficient (Wildman–Crippen LogP) is -0.0341. The van der Waals surface area contributed by atoms with Crippen LogP contribution in [0.4, 0.5) is 0 Å². The van der Waals surface area contributed by atoms with Crippen molar-refractivity contribution in [3.8, 4) is 0 Å². The zero-order valence-electron chi connectivity index (χ0n) is 18.9. The Bertz CT molecular complexity index is 1100. The first-order valence-corrected chi connectivity index (χ1v) is 11.1. The summed E-state index contributed by atoms with van der Waals surface area (Å²) < 4.78 is 6.54. The molecule has 4 rings (SSSR count). The summed E-state index contributed by atoms with van der Waals surface area (Å²) in [6.07, 6.45) is 7.43. The molecule has 2 saturated heterocycles. The van der Waals surface area contributed by atoms with Crippen molar-refractivity contribution in [3.63, 3.8) is 0 Å². The SMILES string of the molecule is CN1N=C(C(=O)N2CCOCC2)/C(=C/C=Cc2c(C(=O)N3CCCCC3)[nH]n(C)c2=O)C1=O. The highest BCUT2D eigenvalue weighted by Gasteiger charge is 2.34. The van der Waals surface area contributed by atoms with Gasteiger partial charge in [0.1, 0.15) is 5.69 Å². The summed E-state index contributed by atoms with van der Waals surface area (Å²) in [6, 6.07) is 0. The molecule has 33 heavy (non-hydrogen) atoms. The summed E-state index contributed by atoms with van der Waals surface area (Å²) in [5, 5.41) is 8.08. The van der Waals surface area contributed by atoms with Crippen molar-refractivity contribution in [1.82, 2.24) is 24.6 Å². The van der Waals surface area contributed by atoms with Gasteiger partial charge in [0, 0.05) is 40.3 Å². The number of H-pyrrole nitrogens is 1. The minimum atomic E-state index is -0.414. The molecule has 0 spiro atoms. The molecule has 3 aliphatic rings. The second kappa shape index (κ2) is 9.57. The van der Waals surface area contributed by atoms with Crippen molar-refractivity contribution in [3.05, 3.63) is 39.3 Å². The molecule has 11 heteroatoms. The van der Waals surface area contributed by atoms with E-state index in [4.69, 9.17) is 4.74 Å². The number of nitrogens with zero attached hydrogens (tertiary/aromatic N) is 5. The molecule has 4 heterocycles. The first kappa shape index (κ1) is 22.7. The van der Waals surface area contributed by atoms with Gasteiger partial charge in [-0.25, -0.2) is 5.01 Å². The van der Waals surface area contributed by atoms with Crippen molar-refractivity contribution in [1.29, 1.82) is 0 Å². The number of morpholine rings is 1. The number of carbonyl (C=O) groups is 3. The van der Waals surface area contributed by atoms with Crippen LogP contribution in [0, 0.1) is 0 Å². The molecule has 2 fully saturated rings. The summed E-state index contributed by atoms with van der Waals surface area (Å²) in [4.78, 5) is 54.4. The molecule has 0 radical (unpaired) electrons. The molecule has 0 bridgehead atoms. The first-order valence-electron chi connectivity index (χ1n) is 11.1. The number of piperidine rings is 1. The van der Waals surface area contributed by atoms with Crippen molar-refractivity contribution in [2.24, 2.45) is 12.1 Å². The Morgan fingerprint density at radius 3 is 2.33 bits per heavy atom. The van der Waals surface area contributed by atoms with E-state index in [1.165, 1.54) is 30.0 Å². The number of nitrogens with one attached hydrogen (secondary N) is 1. The molecule has 0 saturated carbocycles. The topological polar surface area (TPSA) is 120 Å². The molecular formula is C22H28N6O5. The Morgan fingerprint density at radius 2 is 1.64 bits per heavy atom. The zero-order chi connectivity index (χ0) is 23.5. The van der Waals surface area contributed by atoms with Crippen LogP contribution in [-0.4, -0.2) is 94.5 Å². The maximum Gasteiger partial charge on any atom is 0.276 e. The second-order valence-electron chi connectivity index (χ2n) is 8.24. The molecule has 0 aromatic carbocycles. The fourth-order valence-corrected chi connectivity index (χ4v) is 4.13. The number of aromatic nitrogens is 2. The highest BCUT2D eigenvalue weighted by molar-refractivity contribution is 6.52. The largest absolute Gasteiger partial charge is 0.378 e. The normalized spacial score (nSPS) is 20.8. The Labute approximate surface area is 190 Å². The summed E-state index contributed by atoms with van der Waals surface area (Å²) in [5.74, 6) is -0.974. The van der Waals surface area contributed by atoms with Crippen LogP contribution in [0.15, 0.2) is 27.6 Å². The average Bonchev–Trinajstić information content (AvgIpc) is 3.29. The lowest BCUT2D eigenvalue weighted by molar-refractivity contribution is -0.128. The third-order valence-electron chi connectivity index (χ3n) is 6.00. The number of carbonyl (C=O) groups excluding carboxylic acids is 3. The monoisotopic (exact) mass is 456 g/mol. The van der Waals surface area contributed by atoms with Crippen LogP contribution in [-0.2, 0) is 21.4 Å². The number of rotatable bonds is 4. The van der Waals surface area contributed by atoms with Crippen LogP contribution in [0.5, 0.6) is 0 Å². The number of hydrazone groups is 1. The lowest BCUT2D eigenvalue weighted by atomic mass is 10.1. The molecule has 0 atom stereocenters. The van der Waals surface area contributed by atoms with Crippen LogP contribution < -0.4 is 5.56 Å². The van der Waals surface area contributed by atoms with E-state index in [0.29, 0.717) is 39.4 Å². The summed E-state index contributed by atoms with van der Waals surface area (Å²) >= 11 is 0. The van der Waals surface area contributed by atoms with Gasteiger partial charge in [0.25, 0.3) is 23.3 Å². The van der Waals surface area contributed by atoms with Crippen LogP contribution in [0.1, 0.15) is 35.3 Å². The second-order valence-corrected chi connectivity index (χ2v) is 8.24. The standard InChI is InChI=1S/C22H28N6O5/c1-25-19(29)15(17(23-25)21(31)27-9-4-3-5-10-27)7-6-8-16-18(24-26(2)20(16)30)22(32)28-11-13-33-14-12-28/h6-8,23H,3-5,9-14H2,1-2H3/b7-6?,16-8-. The molecular weight excluding hydrogens is 428 g/mol. The van der Waals surface area contributed by atoms with E-state index < -0.39 is 5.91 Å². The van der Waals surface area contributed by atoms with E-state index in [9.17, 15) is 19.2 Å². The van der Waals surface area contributed by atoms with Crippen LogP contribution in [0.25, 0.3) is 6.08 Å². The first-order chi connectivity index (χ1) is 15.9. The van der Waals surface area contributed by atoms with E-state index in [1.807, 2.05) is 0 Å². The maximum atomic E-state index is 13.0. The summed E-state index contributed by atoms with van der Waals surface area (Å²) in [7, 11) is 3.03. The van der Waals surface area contributed by atoms with Gasteiger partial charge >= 0.3 is 0 Å². The minimum Gasteiger partial charge on any atom is -0.378 e. The number of hydrogen-bond acceptors (Lipinski definition) is 6. The number of hydrogen-bond donors (Lipinski definition) is 1. The van der Waals surface area contributed by atoms with Gasteiger partial charge < -0.3 is 14.5 Å². The maximum absolute atomic E-state index is 13.0. The molecule has 0 aliphatic carbocycles. The van der Waals surface area contributed by atoms with E-state index in [0.717, 1.165) is 24.3 Å². The van der Waals surface area contributed by atoms with E-state index in [1.54, 1.807) is 16.8 Å². The molecule has 1 aromatic rings. The van der Waals surface area contributed by atoms with Crippen LogP contribution >= 0.6 is 0 Å². The number of amides is 3. The number of likely N-dealkylation sites (N-methyl/N-ethyl adjacent to an activating group) is 1. The van der Waals surface area contributed by atoms with Gasteiger partial charge in [-0.15, -0.1) is 0 Å². The summed E-state index contributed by atoms with van der Waals surface area (Å²) in [5.41, 5.74) is 0.272. The van der Waals surface area contributed by atoms with Crippen molar-refractivity contribution < 1.29 is 19.1 Å². The smallest absolute Gasteiger partial charge is 0.276 e. The molecule has 1 N–H and O–H groups in total. The number of aromatic amines is 1. The summed E-state index contributed by atoms with van der Waals surface area (Å²) in [6.45, 7) is 3.06. The lowest BCUT2D eigenvalue weighted by Crippen LogP contribution is -2.44. The van der Waals surface area contributed by atoms with Crippen molar-refractivity contribution in [2.45, 2.75) is 19.3 Å². The number of aryl methyl sites for hydroxylation is 1. The highest BCUT2D eigenvalue weighted by Crippen LogP contribution is 2.18. The van der Waals surface area contributed by atoms with Crippen molar-refractivity contribution in [2.75, 3.05) is 46.4 Å². The Balaban J connectivity index is 1.59. The third kappa shape index (κ3) is 4.54. The number of likely N-dealkylation sites (tertiary alicyclic amines) is 1. The Morgan fingerprint density at radius 1 is 0.970 bits per heavy atom. The van der Waals surface area contributed by atoms with E-state index in [-0.39, 0.29) is 39.9 Å². The third-order valence-corrected chi connectivity index (χ3v) is 6.00. The zero-order valence-corrected chi connectivity index (χ0v) is 18.9. The molecule has 11 nitrogen and oxygen atoms in total. The van der Waals surface area contributed by atoms with Gasteiger partial charge in [-0.1, -0.05) is 6.08 Å². The van der Waals surface area contributed by atoms with Gasteiger partial charge in [0.15, 0.2) is 5.71 Å². The van der Waals surface area contributed by atoms with Crippen LogP contribution in [0.2, 0.25) is 0 Å². The minimum absolute atomic E-state index is 0.0561. The van der Waals surface area contributed by atoms with Crippen molar-refractivity contribution >= 4 is 29.5 Å². The Hall–Kier alpha value is -3.47. The Kier molecular flexibility index (Phi) is 6.59. The molecule has 1 aromatic heterocycles. The number of allylic oxidation sites excluding steroid dienone is 2. The van der Waals surface area contributed by atoms with Gasteiger partial charge in [0.2, 0.25) is 0 Å². The molecule has 3 amide bonds. The molecule has 0 unspecified atom stereocenters.